The number of nitriles is 1. The van der Waals surface area contributed by atoms with Crippen molar-refractivity contribution in [2.45, 2.75) is 37.8 Å². The van der Waals surface area contributed by atoms with Crippen molar-refractivity contribution in [2.24, 2.45) is 0 Å². The molecule has 0 saturated heterocycles. The number of amides is 1. The van der Waals surface area contributed by atoms with E-state index in [-0.39, 0.29) is 29.6 Å². The molecule has 0 unspecified atom stereocenters. The number of pyridine rings is 1. The molecule has 7 nitrogen and oxygen atoms in total. The predicted octanol–water partition coefficient (Wildman–Crippen LogP) is 2.72. The number of hydrogen-bond donors (Lipinski definition) is 1. The predicted molar refractivity (Wildman–Crippen MR) is 98.3 cm³/mol. The van der Waals surface area contributed by atoms with E-state index in [2.05, 4.69) is 15.3 Å². The number of rotatable bonds is 4. The third-order valence-corrected chi connectivity index (χ3v) is 4.82. The summed E-state index contributed by atoms with van der Waals surface area (Å²) in [4.78, 5) is 20.6. The average Bonchev–Trinajstić information content (AvgIpc) is 3.14. The zero-order valence-corrected chi connectivity index (χ0v) is 14.7. The lowest BCUT2D eigenvalue weighted by atomic mass is 9.92. The Kier molecular flexibility index (Phi) is 4.71. The van der Waals surface area contributed by atoms with Crippen LogP contribution in [-0.4, -0.2) is 32.4 Å². The Labute approximate surface area is 156 Å². The summed E-state index contributed by atoms with van der Waals surface area (Å²) in [6, 6.07) is 9.87. The molecule has 1 fully saturated rings. The summed E-state index contributed by atoms with van der Waals surface area (Å²) < 4.78 is 7.78. The fourth-order valence-electron chi connectivity index (χ4n) is 3.42. The molecule has 0 aromatic carbocycles. The number of nitrogens with zero attached hydrogens (tertiary/aromatic N) is 4. The molecule has 0 aliphatic heterocycles. The van der Waals surface area contributed by atoms with Crippen LogP contribution in [0.2, 0.25) is 0 Å². The van der Waals surface area contributed by atoms with Gasteiger partial charge >= 0.3 is 0 Å². The van der Waals surface area contributed by atoms with Gasteiger partial charge in [0, 0.05) is 36.3 Å². The van der Waals surface area contributed by atoms with Crippen molar-refractivity contribution < 1.29 is 9.53 Å². The van der Waals surface area contributed by atoms with Crippen molar-refractivity contribution in [3.8, 4) is 11.9 Å². The molecule has 3 aromatic heterocycles. The van der Waals surface area contributed by atoms with Crippen LogP contribution in [0.5, 0.6) is 5.88 Å². The summed E-state index contributed by atoms with van der Waals surface area (Å²) in [6.07, 6.45) is 9.99. The minimum Gasteiger partial charge on any atom is -0.472 e. The van der Waals surface area contributed by atoms with Crippen molar-refractivity contribution >= 4 is 11.4 Å². The molecule has 4 rings (SSSR count). The molecule has 7 heteroatoms. The largest absolute Gasteiger partial charge is 0.472 e. The number of carbonyl (C=O) groups excluding carboxylic acids is 1. The number of nitrogens with one attached hydrogen (secondary N) is 1. The van der Waals surface area contributed by atoms with Gasteiger partial charge in [-0.25, -0.2) is 9.97 Å². The summed E-state index contributed by atoms with van der Waals surface area (Å²) in [5.41, 5.74) is 1.86. The smallest absolute Gasteiger partial charge is 0.253 e. The molecule has 0 radical (unpaired) electrons. The van der Waals surface area contributed by atoms with Gasteiger partial charge in [0.1, 0.15) is 12.2 Å². The molecule has 136 valence electrons. The first-order valence-corrected chi connectivity index (χ1v) is 8.98. The van der Waals surface area contributed by atoms with E-state index in [1.54, 1.807) is 0 Å². The molecular weight excluding hydrogens is 342 g/mol. The Hall–Kier alpha value is -3.40. The summed E-state index contributed by atoms with van der Waals surface area (Å²) in [5.74, 6) is 0.233. The summed E-state index contributed by atoms with van der Waals surface area (Å²) in [5, 5.41) is 12.2. The van der Waals surface area contributed by atoms with Gasteiger partial charge < -0.3 is 14.5 Å². The standard InChI is InChI=1S/C20H19N5O2/c21-12-18-20(23-9-8-22-18)27-17-6-4-15(5-7-17)24-19(26)14-11-16-3-1-2-10-25(16)13-14/h1-3,8-11,13,15,17H,4-7H2,(H,24,26). The minimum atomic E-state index is -0.0521. The topological polar surface area (TPSA) is 92.3 Å². The summed E-state index contributed by atoms with van der Waals surface area (Å²) in [6.45, 7) is 0. The maximum Gasteiger partial charge on any atom is 0.253 e. The van der Waals surface area contributed by atoms with Gasteiger partial charge in [0.25, 0.3) is 11.8 Å². The van der Waals surface area contributed by atoms with Crippen molar-refractivity contribution in [1.29, 1.82) is 5.26 Å². The van der Waals surface area contributed by atoms with Crippen LogP contribution in [0.1, 0.15) is 41.7 Å². The van der Waals surface area contributed by atoms with E-state index < -0.39 is 0 Å². The normalized spacial score (nSPS) is 19.4. The summed E-state index contributed by atoms with van der Waals surface area (Å²) >= 11 is 0. The van der Waals surface area contributed by atoms with Crippen LogP contribution in [0.15, 0.2) is 49.1 Å². The number of carbonyl (C=O) groups is 1. The lowest BCUT2D eigenvalue weighted by Gasteiger charge is -2.29. The Bertz CT molecular complexity index is 966. The second-order valence-electron chi connectivity index (χ2n) is 6.65. The van der Waals surface area contributed by atoms with E-state index in [0.717, 1.165) is 31.2 Å². The molecular formula is C20H19N5O2. The number of hydrogen-bond acceptors (Lipinski definition) is 5. The first-order chi connectivity index (χ1) is 13.2. The van der Waals surface area contributed by atoms with E-state index in [1.807, 2.05) is 47.1 Å². The Morgan fingerprint density at radius 2 is 2.04 bits per heavy atom. The Morgan fingerprint density at radius 1 is 1.22 bits per heavy atom. The van der Waals surface area contributed by atoms with Gasteiger partial charge in [-0.2, -0.15) is 5.26 Å². The monoisotopic (exact) mass is 361 g/mol. The minimum absolute atomic E-state index is 0.0148. The van der Waals surface area contributed by atoms with Crippen molar-refractivity contribution in [2.75, 3.05) is 0 Å². The maximum atomic E-state index is 12.5. The van der Waals surface area contributed by atoms with Crippen molar-refractivity contribution in [3.05, 3.63) is 60.3 Å². The second kappa shape index (κ2) is 7.46. The van der Waals surface area contributed by atoms with Crippen LogP contribution in [0.25, 0.3) is 5.52 Å². The first kappa shape index (κ1) is 17.0. The maximum absolute atomic E-state index is 12.5. The average molecular weight is 361 g/mol. The van der Waals surface area contributed by atoms with Crippen LogP contribution in [0.3, 0.4) is 0 Å². The van der Waals surface area contributed by atoms with Crippen LogP contribution < -0.4 is 10.1 Å². The third kappa shape index (κ3) is 3.75. The quantitative estimate of drug-likeness (QED) is 0.771. The first-order valence-electron chi connectivity index (χ1n) is 8.98. The van der Waals surface area contributed by atoms with Gasteiger partial charge in [-0.05, 0) is 43.9 Å². The zero-order valence-electron chi connectivity index (χ0n) is 14.7. The zero-order chi connectivity index (χ0) is 18.6. The van der Waals surface area contributed by atoms with E-state index in [4.69, 9.17) is 10.00 Å². The highest BCUT2D eigenvalue weighted by molar-refractivity contribution is 5.95. The molecule has 1 aliphatic rings. The fourth-order valence-corrected chi connectivity index (χ4v) is 3.42. The molecule has 0 atom stereocenters. The Morgan fingerprint density at radius 3 is 2.81 bits per heavy atom. The van der Waals surface area contributed by atoms with Crippen molar-refractivity contribution in [3.63, 3.8) is 0 Å². The molecule has 0 bridgehead atoms. The van der Waals surface area contributed by atoms with Gasteiger partial charge in [-0.15, -0.1) is 0 Å². The third-order valence-electron chi connectivity index (χ3n) is 4.82. The molecule has 1 aliphatic carbocycles. The van der Waals surface area contributed by atoms with E-state index in [9.17, 15) is 4.79 Å². The molecule has 1 saturated carbocycles. The molecule has 1 N–H and O–H groups in total. The highest BCUT2D eigenvalue weighted by Crippen LogP contribution is 2.24. The second-order valence-corrected chi connectivity index (χ2v) is 6.65. The van der Waals surface area contributed by atoms with Crippen LogP contribution in [-0.2, 0) is 0 Å². The van der Waals surface area contributed by atoms with E-state index in [0.29, 0.717) is 5.56 Å². The lowest BCUT2D eigenvalue weighted by Crippen LogP contribution is -2.39. The SMILES string of the molecule is N#Cc1nccnc1OC1CCC(NC(=O)c2cc3ccccn3c2)CC1. The molecule has 27 heavy (non-hydrogen) atoms. The summed E-state index contributed by atoms with van der Waals surface area (Å²) in [7, 11) is 0. The number of fused-ring (bicyclic) bond motifs is 1. The van der Waals surface area contributed by atoms with Gasteiger partial charge in [0.05, 0.1) is 5.56 Å². The van der Waals surface area contributed by atoms with Gasteiger partial charge in [-0.3, -0.25) is 4.79 Å². The van der Waals surface area contributed by atoms with Crippen LogP contribution in [0, 0.1) is 11.3 Å². The molecule has 3 heterocycles. The van der Waals surface area contributed by atoms with Crippen molar-refractivity contribution in [1.82, 2.24) is 19.7 Å². The van der Waals surface area contributed by atoms with Gasteiger partial charge in [-0.1, -0.05) is 6.07 Å². The molecule has 3 aromatic rings. The Balaban J connectivity index is 1.33. The molecule has 1 amide bonds. The van der Waals surface area contributed by atoms with Crippen LogP contribution in [0.4, 0.5) is 0 Å². The number of ether oxygens (including phenoxy) is 1. The highest BCUT2D eigenvalue weighted by Gasteiger charge is 2.25. The van der Waals surface area contributed by atoms with E-state index >= 15 is 0 Å². The lowest BCUT2D eigenvalue weighted by molar-refractivity contribution is 0.0889. The van der Waals surface area contributed by atoms with E-state index in [1.165, 1.54) is 12.4 Å². The van der Waals surface area contributed by atoms with Crippen LogP contribution >= 0.6 is 0 Å². The molecule has 0 spiro atoms. The number of aromatic nitrogens is 3. The van der Waals surface area contributed by atoms with Gasteiger partial charge in [0.15, 0.2) is 0 Å². The highest BCUT2D eigenvalue weighted by atomic mass is 16.5. The van der Waals surface area contributed by atoms with Gasteiger partial charge in [0.2, 0.25) is 5.69 Å². The fraction of sp³-hybridized carbons (Fsp3) is 0.300.